The van der Waals surface area contributed by atoms with E-state index in [1.807, 2.05) is 41.5 Å². The molecule has 0 atom stereocenters. The SMILES string of the molecule is Cc1[nH]c(C(=O)c2c(C)oc(C)c2C)c(C)c1C. The number of furan rings is 1. The minimum absolute atomic E-state index is 0.0237. The van der Waals surface area contributed by atoms with Crippen LogP contribution in [0.5, 0.6) is 0 Å². The molecule has 2 aromatic rings. The molecule has 0 saturated heterocycles. The lowest BCUT2D eigenvalue weighted by Gasteiger charge is -2.01. The van der Waals surface area contributed by atoms with E-state index in [4.69, 9.17) is 4.42 Å². The second-order valence-corrected chi connectivity index (χ2v) is 4.92. The molecular weight excluding hydrogens is 226 g/mol. The lowest BCUT2D eigenvalue weighted by molar-refractivity contribution is 0.103. The summed E-state index contributed by atoms with van der Waals surface area (Å²) >= 11 is 0. The average Bonchev–Trinajstić information content (AvgIpc) is 2.70. The van der Waals surface area contributed by atoms with E-state index in [1.165, 1.54) is 0 Å². The van der Waals surface area contributed by atoms with Gasteiger partial charge in [0.1, 0.15) is 11.5 Å². The molecular formula is C15H19NO2. The Morgan fingerprint density at radius 1 is 0.889 bits per heavy atom. The van der Waals surface area contributed by atoms with Gasteiger partial charge in [0.25, 0.3) is 0 Å². The fraction of sp³-hybridized carbons (Fsp3) is 0.400. The molecule has 0 bridgehead atoms. The van der Waals surface area contributed by atoms with Crippen LogP contribution in [-0.4, -0.2) is 10.8 Å². The zero-order valence-electron chi connectivity index (χ0n) is 11.8. The number of carbonyl (C=O) groups is 1. The van der Waals surface area contributed by atoms with Gasteiger partial charge in [-0.05, 0) is 52.7 Å². The van der Waals surface area contributed by atoms with Gasteiger partial charge in [0, 0.05) is 11.3 Å². The summed E-state index contributed by atoms with van der Waals surface area (Å²) in [5, 5.41) is 0. The fourth-order valence-electron chi connectivity index (χ4n) is 2.32. The van der Waals surface area contributed by atoms with E-state index in [0.29, 0.717) is 17.0 Å². The Labute approximate surface area is 107 Å². The van der Waals surface area contributed by atoms with Gasteiger partial charge in [0.15, 0.2) is 0 Å². The van der Waals surface area contributed by atoms with Crippen LogP contribution < -0.4 is 0 Å². The van der Waals surface area contributed by atoms with Gasteiger partial charge >= 0.3 is 0 Å². The Kier molecular flexibility index (Phi) is 2.93. The molecule has 2 rings (SSSR count). The minimum Gasteiger partial charge on any atom is -0.466 e. The van der Waals surface area contributed by atoms with E-state index in [9.17, 15) is 4.79 Å². The quantitative estimate of drug-likeness (QED) is 0.820. The van der Waals surface area contributed by atoms with Crippen molar-refractivity contribution in [3.05, 3.63) is 45.2 Å². The summed E-state index contributed by atoms with van der Waals surface area (Å²) in [6, 6.07) is 0. The van der Waals surface area contributed by atoms with Crippen molar-refractivity contribution in [2.45, 2.75) is 41.5 Å². The Morgan fingerprint density at radius 3 is 1.89 bits per heavy atom. The third kappa shape index (κ3) is 1.70. The number of ketones is 1. The van der Waals surface area contributed by atoms with Crippen molar-refractivity contribution >= 4 is 5.78 Å². The molecule has 0 radical (unpaired) electrons. The molecule has 0 aliphatic carbocycles. The topological polar surface area (TPSA) is 46.0 Å². The van der Waals surface area contributed by atoms with Gasteiger partial charge in [-0.1, -0.05) is 0 Å². The highest BCUT2D eigenvalue weighted by Gasteiger charge is 2.23. The molecule has 3 nitrogen and oxygen atoms in total. The molecule has 2 aromatic heterocycles. The van der Waals surface area contributed by atoms with E-state index < -0.39 is 0 Å². The van der Waals surface area contributed by atoms with Gasteiger partial charge in [-0.15, -0.1) is 0 Å². The number of aromatic nitrogens is 1. The standard InChI is InChI=1S/C15H19NO2/c1-7-8(2)14(16-10(7)4)15(17)13-9(3)11(5)18-12(13)6/h16H,1-6H3. The minimum atomic E-state index is 0.0237. The van der Waals surface area contributed by atoms with Crippen LogP contribution in [0.15, 0.2) is 4.42 Å². The molecule has 0 spiro atoms. The van der Waals surface area contributed by atoms with Crippen LogP contribution in [0.25, 0.3) is 0 Å². The van der Waals surface area contributed by atoms with Gasteiger partial charge in [0.2, 0.25) is 5.78 Å². The van der Waals surface area contributed by atoms with Crippen molar-refractivity contribution in [3.63, 3.8) is 0 Å². The third-order valence-corrected chi connectivity index (χ3v) is 3.83. The summed E-state index contributed by atoms with van der Waals surface area (Å²) in [4.78, 5) is 15.8. The van der Waals surface area contributed by atoms with Crippen LogP contribution in [0.2, 0.25) is 0 Å². The Bertz CT molecular complexity index is 629. The lowest BCUT2D eigenvalue weighted by atomic mass is 10.0. The lowest BCUT2D eigenvalue weighted by Crippen LogP contribution is -2.06. The molecule has 0 amide bonds. The molecule has 0 saturated carbocycles. The highest BCUT2D eigenvalue weighted by Crippen LogP contribution is 2.26. The number of hydrogen-bond acceptors (Lipinski definition) is 2. The molecule has 1 N–H and O–H groups in total. The van der Waals surface area contributed by atoms with Gasteiger partial charge in [-0.2, -0.15) is 0 Å². The number of nitrogens with one attached hydrogen (secondary N) is 1. The molecule has 0 aliphatic heterocycles. The number of rotatable bonds is 2. The van der Waals surface area contributed by atoms with E-state index in [-0.39, 0.29) is 5.78 Å². The molecule has 0 fully saturated rings. The monoisotopic (exact) mass is 245 g/mol. The van der Waals surface area contributed by atoms with Gasteiger partial charge in [-0.3, -0.25) is 4.79 Å². The Morgan fingerprint density at radius 2 is 1.50 bits per heavy atom. The van der Waals surface area contributed by atoms with E-state index >= 15 is 0 Å². The maximum absolute atomic E-state index is 12.6. The number of hydrogen-bond donors (Lipinski definition) is 1. The van der Waals surface area contributed by atoms with Crippen LogP contribution in [0.1, 0.15) is 50.0 Å². The average molecular weight is 245 g/mol. The highest BCUT2D eigenvalue weighted by molar-refractivity contribution is 6.10. The first-order valence-electron chi connectivity index (χ1n) is 6.11. The van der Waals surface area contributed by atoms with Crippen molar-refractivity contribution < 1.29 is 9.21 Å². The summed E-state index contributed by atoms with van der Waals surface area (Å²) < 4.78 is 5.53. The first-order chi connectivity index (χ1) is 8.34. The maximum Gasteiger partial charge on any atom is 0.213 e. The number of aromatic amines is 1. The summed E-state index contributed by atoms with van der Waals surface area (Å²) in [7, 11) is 0. The number of carbonyl (C=O) groups excluding carboxylic acids is 1. The molecule has 0 aliphatic rings. The number of H-pyrrole nitrogens is 1. The van der Waals surface area contributed by atoms with Crippen LogP contribution in [-0.2, 0) is 0 Å². The predicted molar refractivity (Wildman–Crippen MR) is 71.4 cm³/mol. The van der Waals surface area contributed by atoms with Gasteiger partial charge in [-0.25, -0.2) is 0 Å². The van der Waals surface area contributed by atoms with Crippen molar-refractivity contribution in [2.75, 3.05) is 0 Å². The molecule has 18 heavy (non-hydrogen) atoms. The van der Waals surface area contributed by atoms with Gasteiger partial charge < -0.3 is 9.40 Å². The molecule has 96 valence electrons. The second-order valence-electron chi connectivity index (χ2n) is 4.92. The first-order valence-corrected chi connectivity index (χ1v) is 6.11. The highest BCUT2D eigenvalue weighted by atomic mass is 16.3. The zero-order valence-corrected chi connectivity index (χ0v) is 11.8. The molecule has 0 aromatic carbocycles. The Balaban J connectivity index is 2.58. The second kappa shape index (κ2) is 4.16. The summed E-state index contributed by atoms with van der Waals surface area (Å²) in [5.41, 5.74) is 5.52. The Hall–Kier alpha value is -1.77. The van der Waals surface area contributed by atoms with E-state index in [2.05, 4.69) is 4.98 Å². The summed E-state index contributed by atoms with van der Waals surface area (Å²) in [6.07, 6.45) is 0. The normalized spacial score (nSPS) is 11.0. The van der Waals surface area contributed by atoms with Crippen LogP contribution in [0, 0.1) is 41.5 Å². The predicted octanol–water partition coefficient (Wildman–Crippen LogP) is 3.69. The molecule has 2 heterocycles. The maximum atomic E-state index is 12.6. The van der Waals surface area contributed by atoms with E-state index in [1.54, 1.807) is 0 Å². The van der Waals surface area contributed by atoms with Crippen LogP contribution in [0.4, 0.5) is 0 Å². The van der Waals surface area contributed by atoms with Crippen molar-refractivity contribution in [1.29, 1.82) is 0 Å². The van der Waals surface area contributed by atoms with Crippen molar-refractivity contribution in [2.24, 2.45) is 0 Å². The van der Waals surface area contributed by atoms with Crippen molar-refractivity contribution in [3.8, 4) is 0 Å². The zero-order chi connectivity index (χ0) is 13.6. The third-order valence-electron chi connectivity index (χ3n) is 3.83. The largest absolute Gasteiger partial charge is 0.466 e. The van der Waals surface area contributed by atoms with Crippen molar-refractivity contribution in [1.82, 2.24) is 4.98 Å². The number of aryl methyl sites for hydroxylation is 3. The van der Waals surface area contributed by atoms with Gasteiger partial charge in [0.05, 0.1) is 11.3 Å². The van der Waals surface area contributed by atoms with Crippen LogP contribution in [0.3, 0.4) is 0 Å². The van der Waals surface area contributed by atoms with Crippen LogP contribution >= 0.6 is 0 Å². The summed E-state index contributed by atoms with van der Waals surface area (Å²) in [5.74, 6) is 1.53. The smallest absolute Gasteiger partial charge is 0.213 e. The molecule has 3 heteroatoms. The van der Waals surface area contributed by atoms with E-state index in [0.717, 1.165) is 28.1 Å². The summed E-state index contributed by atoms with van der Waals surface area (Å²) in [6.45, 7) is 11.6. The molecule has 0 unspecified atom stereocenters. The fourth-order valence-corrected chi connectivity index (χ4v) is 2.32. The first kappa shape index (κ1) is 12.7.